The second kappa shape index (κ2) is 3.70. The number of rotatable bonds is 1. The van der Waals surface area contributed by atoms with Gasteiger partial charge in [-0.1, -0.05) is 13.8 Å². The third-order valence-corrected chi connectivity index (χ3v) is 5.05. The van der Waals surface area contributed by atoms with Crippen LogP contribution in [-0.4, -0.2) is 4.57 Å². The molecule has 1 aliphatic rings. The Morgan fingerprint density at radius 1 is 1.33 bits per heavy atom. The molecule has 96 valence electrons. The largest absolute Gasteiger partial charge is 0.312 e. The summed E-state index contributed by atoms with van der Waals surface area (Å²) in [5.41, 5.74) is 1.97. The number of nitrogens with zero attached hydrogens (tertiary/aromatic N) is 1. The lowest BCUT2D eigenvalue weighted by atomic mass is 9.90. The smallest absolute Gasteiger partial charge is 0.268 e. The van der Waals surface area contributed by atoms with Crippen LogP contribution < -0.4 is 5.56 Å². The summed E-state index contributed by atoms with van der Waals surface area (Å²) in [5.74, 6) is 0. The molecule has 0 atom stereocenters. The van der Waals surface area contributed by atoms with Gasteiger partial charge in [-0.3, -0.25) is 4.79 Å². The van der Waals surface area contributed by atoms with Gasteiger partial charge >= 0.3 is 0 Å². The molecule has 2 aromatic heterocycles. The van der Waals surface area contributed by atoms with E-state index in [9.17, 15) is 4.79 Å². The van der Waals surface area contributed by atoms with Crippen molar-refractivity contribution in [1.82, 2.24) is 4.57 Å². The SMILES string of the molecule is CC(C)n1ccc2c3c(sc2c1=O)CC(C)(C)C3. The molecule has 2 aromatic rings. The average molecular weight is 261 g/mol. The van der Waals surface area contributed by atoms with E-state index >= 15 is 0 Å². The van der Waals surface area contributed by atoms with Crippen LogP contribution >= 0.6 is 11.3 Å². The molecule has 18 heavy (non-hydrogen) atoms. The molecule has 0 N–H and O–H groups in total. The summed E-state index contributed by atoms with van der Waals surface area (Å²) in [6.45, 7) is 8.72. The summed E-state index contributed by atoms with van der Waals surface area (Å²) in [5, 5.41) is 1.20. The van der Waals surface area contributed by atoms with E-state index in [2.05, 4.69) is 33.8 Å². The Hall–Kier alpha value is -1.09. The summed E-state index contributed by atoms with van der Waals surface area (Å²) in [4.78, 5) is 13.8. The van der Waals surface area contributed by atoms with Crippen molar-refractivity contribution in [3.8, 4) is 0 Å². The third-order valence-electron chi connectivity index (χ3n) is 3.81. The average Bonchev–Trinajstić information content (AvgIpc) is 2.71. The van der Waals surface area contributed by atoms with Gasteiger partial charge in [0.2, 0.25) is 0 Å². The summed E-state index contributed by atoms with van der Waals surface area (Å²) in [7, 11) is 0. The second-order valence-corrected chi connectivity index (χ2v) is 7.49. The van der Waals surface area contributed by atoms with Crippen LogP contribution in [0.2, 0.25) is 0 Å². The molecular formula is C15H19NOS. The van der Waals surface area contributed by atoms with Gasteiger partial charge in [0.1, 0.15) is 4.70 Å². The van der Waals surface area contributed by atoms with Gasteiger partial charge in [-0.2, -0.15) is 0 Å². The highest BCUT2D eigenvalue weighted by Crippen LogP contribution is 2.43. The monoisotopic (exact) mass is 261 g/mol. The van der Waals surface area contributed by atoms with Crippen LogP contribution in [0.3, 0.4) is 0 Å². The van der Waals surface area contributed by atoms with Gasteiger partial charge in [-0.05, 0) is 43.7 Å². The van der Waals surface area contributed by atoms with Crippen LogP contribution in [-0.2, 0) is 12.8 Å². The quantitative estimate of drug-likeness (QED) is 0.766. The zero-order valence-electron chi connectivity index (χ0n) is 11.4. The first-order valence-corrected chi connectivity index (χ1v) is 7.36. The minimum Gasteiger partial charge on any atom is -0.312 e. The highest BCUT2D eigenvalue weighted by atomic mass is 32.1. The van der Waals surface area contributed by atoms with Crippen molar-refractivity contribution in [2.75, 3.05) is 0 Å². The van der Waals surface area contributed by atoms with Crippen molar-refractivity contribution in [3.63, 3.8) is 0 Å². The Morgan fingerprint density at radius 3 is 2.72 bits per heavy atom. The maximum absolute atomic E-state index is 12.4. The topological polar surface area (TPSA) is 22.0 Å². The molecule has 0 saturated carbocycles. The number of thiophene rings is 1. The van der Waals surface area contributed by atoms with E-state index in [1.807, 2.05) is 10.8 Å². The molecule has 0 bridgehead atoms. The Balaban J connectivity index is 2.25. The minimum atomic E-state index is 0.180. The number of pyridine rings is 1. The van der Waals surface area contributed by atoms with Crippen LogP contribution in [0.5, 0.6) is 0 Å². The van der Waals surface area contributed by atoms with Crippen molar-refractivity contribution in [2.24, 2.45) is 5.41 Å². The Kier molecular flexibility index (Phi) is 2.46. The fraction of sp³-hybridized carbons (Fsp3) is 0.533. The predicted octanol–water partition coefficient (Wildman–Crippen LogP) is 3.77. The maximum atomic E-state index is 12.4. The van der Waals surface area contributed by atoms with Crippen molar-refractivity contribution < 1.29 is 0 Å². The lowest BCUT2D eigenvalue weighted by Gasteiger charge is -2.16. The van der Waals surface area contributed by atoms with Crippen molar-refractivity contribution >= 4 is 21.4 Å². The van der Waals surface area contributed by atoms with Gasteiger partial charge in [0.15, 0.2) is 0 Å². The van der Waals surface area contributed by atoms with Gasteiger partial charge in [0.05, 0.1) is 0 Å². The fourth-order valence-electron chi connectivity index (χ4n) is 2.92. The number of hydrogen-bond donors (Lipinski definition) is 0. The van der Waals surface area contributed by atoms with E-state index in [0.717, 1.165) is 17.5 Å². The standard InChI is InChI=1S/C15H19NOS/c1-9(2)16-6-5-10-11-7-15(3,4)8-12(11)18-13(10)14(16)17/h5-6,9H,7-8H2,1-4H3. The summed E-state index contributed by atoms with van der Waals surface area (Å²) in [6.07, 6.45) is 4.17. The summed E-state index contributed by atoms with van der Waals surface area (Å²) in [6, 6.07) is 2.36. The van der Waals surface area contributed by atoms with Crippen LogP contribution in [0.1, 0.15) is 44.2 Å². The summed E-state index contributed by atoms with van der Waals surface area (Å²) >= 11 is 1.71. The molecule has 0 unspecified atom stereocenters. The van der Waals surface area contributed by atoms with Crippen molar-refractivity contribution in [3.05, 3.63) is 33.1 Å². The van der Waals surface area contributed by atoms with E-state index in [4.69, 9.17) is 0 Å². The second-order valence-electron chi connectivity index (χ2n) is 6.39. The summed E-state index contributed by atoms with van der Waals surface area (Å²) < 4.78 is 2.78. The van der Waals surface area contributed by atoms with Gasteiger partial charge < -0.3 is 4.57 Å². The first kappa shape index (κ1) is 12.0. The van der Waals surface area contributed by atoms with E-state index < -0.39 is 0 Å². The molecule has 0 aromatic carbocycles. The molecule has 2 heterocycles. The molecular weight excluding hydrogens is 242 g/mol. The van der Waals surface area contributed by atoms with Crippen LogP contribution in [0, 0.1) is 5.41 Å². The number of hydrogen-bond acceptors (Lipinski definition) is 2. The molecule has 3 rings (SSSR count). The Labute approximate surface area is 111 Å². The lowest BCUT2D eigenvalue weighted by Crippen LogP contribution is -2.20. The first-order valence-electron chi connectivity index (χ1n) is 6.54. The highest BCUT2D eigenvalue weighted by molar-refractivity contribution is 7.19. The van der Waals surface area contributed by atoms with E-state index in [-0.39, 0.29) is 11.6 Å². The van der Waals surface area contributed by atoms with Crippen molar-refractivity contribution in [1.29, 1.82) is 0 Å². The lowest BCUT2D eigenvalue weighted by molar-refractivity contribution is 0.394. The van der Waals surface area contributed by atoms with Gasteiger partial charge in [0.25, 0.3) is 5.56 Å². The minimum absolute atomic E-state index is 0.180. The van der Waals surface area contributed by atoms with E-state index in [0.29, 0.717) is 5.41 Å². The van der Waals surface area contributed by atoms with Crippen molar-refractivity contribution in [2.45, 2.75) is 46.6 Å². The zero-order chi connectivity index (χ0) is 13.1. The number of fused-ring (bicyclic) bond motifs is 3. The predicted molar refractivity (Wildman–Crippen MR) is 77.7 cm³/mol. The highest BCUT2D eigenvalue weighted by Gasteiger charge is 2.32. The molecule has 0 saturated heterocycles. The first-order chi connectivity index (χ1) is 8.39. The molecule has 0 spiro atoms. The van der Waals surface area contributed by atoms with Crippen LogP contribution in [0.15, 0.2) is 17.1 Å². The van der Waals surface area contributed by atoms with E-state index in [1.165, 1.54) is 15.8 Å². The normalized spacial score (nSPS) is 17.6. The number of aromatic nitrogens is 1. The maximum Gasteiger partial charge on any atom is 0.268 e. The van der Waals surface area contributed by atoms with Gasteiger partial charge in [0, 0.05) is 22.5 Å². The molecule has 0 radical (unpaired) electrons. The third kappa shape index (κ3) is 1.64. The van der Waals surface area contributed by atoms with Crippen LogP contribution in [0.4, 0.5) is 0 Å². The van der Waals surface area contributed by atoms with Gasteiger partial charge in [-0.15, -0.1) is 11.3 Å². The van der Waals surface area contributed by atoms with E-state index in [1.54, 1.807) is 11.3 Å². The van der Waals surface area contributed by atoms with Crippen LogP contribution in [0.25, 0.3) is 10.1 Å². The Morgan fingerprint density at radius 2 is 2.06 bits per heavy atom. The fourth-order valence-corrected chi connectivity index (χ4v) is 4.43. The molecule has 0 aliphatic heterocycles. The molecule has 0 fully saturated rings. The zero-order valence-corrected chi connectivity index (χ0v) is 12.2. The molecule has 1 aliphatic carbocycles. The Bertz CT molecular complexity index is 676. The molecule has 2 nitrogen and oxygen atoms in total. The van der Waals surface area contributed by atoms with Gasteiger partial charge in [-0.25, -0.2) is 0 Å². The molecule has 0 amide bonds. The molecule has 3 heteroatoms.